The number of nitro benzene ring substituents is 1. The SMILES string of the molecule is CC(C)c1ccccc1Sc1ccc(/C=C/C(=O)N2CCNC(C(=O)N3CCOCC3)C2)cc1[N+](=O)[O-]. The molecule has 9 nitrogen and oxygen atoms in total. The number of piperazine rings is 1. The van der Waals surface area contributed by atoms with E-state index in [1.807, 2.05) is 24.3 Å². The van der Waals surface area contributed by atoms with E-state index >= 15 is 0 Å². The lowest BCUT2D eigenvalue weighted by Gasteiger charge is -2.36. The number of nitrogens with one attached hydrogen (secondary N) is 1. The van der Waals surface area contributed by atoms with E-state index in [-0.39, 0.29) is 24.0 Å². The summed E-state index contributed by atoms with van der Waals surface area (Å²) in [4.78, 5) is 42.1. The number of hydrogen-bond acceptors (Lipinski definition) is 7. The van der Waals surface area contributed by atoms with E-state index in [4.69, 9.17) is 4.74 Å². The van der Waals surface area contributed by atoms with Gasteiger partial charge in [0.05, 0.1) is 23.0 Å². The Balaban J connectivity index is 1.44. The summed E-state index contributed by atoms with van der Waals surface area (Å²) in [6, 6.07) is 12.5. The first kappa shape index (κ1) is 26.8. The number of hydrogen-bond donors (Lipinski definition) is 1. The van der Waals surface area contributed by atoms with Gasteiger partial charge in [0.2, 0.25) is 11.8 Å². The number of morpholine rings is 1. The van der Waals surface area contributed by atoms with E-state index in [1.54, 1.807) is 28.0 Å². The van der Waals surface area contributed by atoms with E-state index in [0.29, 0.717) is 55.8 Å². The van der Waals surface area contributed by atoms with Gasteiger partial charge in [0.15, 0.2) is 0 Å². The minimum atomic E-state index is -0.449. The van der Waals surface area contributed by atoms with Gasteiger partial charge in [-0.15, -0.1) is 0 Å². The van der Waals surface area contributed by atoms with E-state index in [0.717, 1.165) is 10.5 Å². The van der Waals surface area contributed by atoms with Crippen molar-refractivity contribution in [2.75, 3.05) is 45.9 Å². The normalized spacial score (nSPS) is 18.4. The summed E-state index contributed by atoms with van der Waals surface area (Å²) in [7, 11) is 0. The van der Waals surface area contributed by atoms with Crippen LogP contribution in [0.25, 0.3) is 6.08 Å². The third kappa shape index (κ3) is 6.76. The molecule has 0 bridgehead atoms. The molecule has 2 heterocycles. The number of nitrogens with zero attached hydrogens (tertiary/aromatic N) is 3. The Morgan fingerprint density at radius 2 is 1.86 bits per heavy atom. The maximum Gasteiger partial charge on any atom is 0.283 e. The van der Waals surface area contributed by atoms with E-state index < -0.39 is 11.0 Å². The Hall–Kier alpha value is -3.21. The molecule has 1 N–H and O–H groups in total. The maximum atomic E-state index is 12.9. The number of ether oxygens (including phenoxy) is 1. The molecule has 0 radical (unpaired) electrons. The van der Waals surface area contributed by atoms with Crippen LogP contribution >= 0.6 is 11.8 Å². The summed E-state index contributed by atoms with van der Waals surface area (Å²) in [5.41, 5.74) is 1.70. The highest BCUT2D eigenvalue weighted by atomic mass is 32.2. The molecule has 2 saturated heterocycles. The number of carbonyl (C=O) groups excluding carboxylic acids is 2. The van der Waals surface area contributed by atoms with Gasteiger partial charge < -0.3 is 19.9 Å². The zero-order valence-corrected chi connectivity index (χ0v) is 21.9. The fourth-order valence-electron chi connectivity index (χ4n) is 4.43. The topological polar surface area (TPSA) is 105 Å². The van der Waals surface area contributed by atoms with Crippen molar-refractivity contribution in [3.63, 3.8) is 0 Å². The summed E-state index contributed by atoms with van der Waals surface area (Å²) in [6.45, 7) is 7.65. The molecule has 10 heteroatoms. The van der Waals surface area contributed by atoms with E-state index in [9.17, 15) is 19.7 Å². The third-order valence-corrected chi connectivity index (χ3v) is 7.62. The van der Waals surface area contributed by atoms with E-state index in [1.165, 1.54) is 23.9 Å². The van der Waals surface area contributed by atoms with Crippen molar-refractivity contribution < 1.29 is 19.2 Å². The smallest absolute Gasteiger partial charge is 0.283 e. The summed E-state index contributed by atoms with van der Waals surface area (Å²) in [5, 5.41) is 15.0. The number of carbonyl (C=O) groups is 2. The van der Waals surface area contributed by atoms with Crippen LogP contribution in [0.1, 0.15) is 30.9 Å². The molecule has 0 saturated carbocycles. The molecule has 2 aliphatic rings. The molecule has 0 aliphatic carbocycles. The molecule has 2 aliphatic heterocycles. The average molecular weight is 525 g/mol. The quantitative estimate of drug-likeness (QED) is 0.336. The molecular weight excluding hydrogens is 492 g/mol. The molecule has 4 rings (SSSR count). The van der Waals surface area contributed by atoms with Crippen LogP contribution in [-0.2, 0) is 14.3 Å². The number of rotatable bonds is 7. The Bertz CT molecular complexity index is 1180. The second-order valence-electron chi connectivity index (χ2n) is 9.34. The molecular formula is C27H32N4O5S. The standard InChI is InChI=1S/C27H32N4O5S/c1-19(2)21-5-3-4-6-24(21)37-25-9-7-20(17-23(25)31(34)35)8-10-26(32)30-12-11-28-22(18-30)27(33)29-13-15-36-16-14-29/h3-10,17,19,22,28H,11-16,18H2,1-2H3/b10-8+. The van der Waals surface area contributed by atoms with Crippen molar-refractivity contribution in [3.05, 3.63) is 69.8 Å². The lowest BCUT2D eigenvalue weighted by atomic mass is 10.0. The largest absolute Gasteiger partial charge is 0.378 e. The van der Waals surface area contributed by atoms with Gasteiger partial charge in [0.25, 0.3) is 5.69 Å². The predicted octanol–water partition coefficient (Wildman–Crippen LogP) is 3.54. The first-order valence-electron chi connectivity index (χ1n) is 12.5. The highest BCUT2D eigenvalue weighted by molar-refractivity contribution is 7.99. The lowest BCUT2D eigenvalue weighted by molar-refractivity contribution is -0.387. The number of nitro groups is 1. The van der Waals surface area contributed by atoms with Crippen molar-refractivity contribution in [1.82, 2.24) is 15.1 Å². The van der Waals surface area contributed by atoms with Gasteiger partial charge in [-0.1, -0.05) is 49.9 Å². The van der Waals surface area contributed by atoms with Crippen molar-refractivity contribution >= 4 is 35.3 Å². The van der Waals surface area contributed by atoms with Crippen LogP contribution in [-0.4, -0.2) is 78.5 Å². The minimum Gasteiger partial charge on any atom is -0.378 e. The van der Waals surface area contributed by atoms with Crippen molar-refractivity contribution in [2.24, 2.45) is 0 Å². The molecule has 2 aromatic rings. The molecule has 1 unspecified atom stereocenters. The highest BCUT2D eigenvalue weighted by Gasteiger charge is 2.31. The third-order valence-electron chi connectivity index (χ3n) is 6.47. The minimum absolute atomic E-state index is 0.00324. The summed E-state index contributed by atoms with van der Waals surface area (Å²) >= 11 is 1.38. The van der Waals surface area contributed by atoms with E-state index in [2.05, 4.69) is 19.2 Å². The Kier molecular flexibility index (Phi) is 8.96. The Morgan fingerprint density at radius 1 is 1.11 bits per heavy atom. The van der Waals surface area contributed by atoms with Crippen LogP contribution in [0, 0.1) is 10.1 Å². The van der Waals surface area contributed by atoms with Crippen LogP contribution in [0.15, 0.2) is 58.3 Å². The molecule has 37 heavy (non-hydrogen) atoms. The second-order valence-corrected chi connectivity index (χ2v) is 10.4. The summed E-state index contributed by atoms with van der Waals surface area (Å²) in [6.07, 6.45) is 3.01. The van der Waals surface area contributed by atoms with Crippen molar-refractivity contribution in [3.8, 4) is 0 Å². The zero-order valence-electron chi connectivity index (χ0n) is 21.1. The van der Waals surface area contributed by atoms with Gasteiger partial charge in [0, 0.05) is 49.8 Å². The van der Waals surface area contributed by atoms with Gasteiger partial charge in [-0.05, 0) is 35.3 Å². The fraction of sp³-hybridized carbons (Fsp3) is 0.407. The Labute approximate surface area is 221 Å². The second kappa shape index (κ2) is 12.4. The van der Waals surface area contributed by atoms with Gasteiger partial charge >= 0.3 is 0 Å². The highest BCUT2D eigenvalue weighted by Crippen LogP contribution is 2.39. The lowest BCUT2D eigenvalue weighted by Crippen LogP contribution is -2.59. The number of amides is 2. The van der Waals surface area contributed by atoms with Crippen LogP contribution < -0.4 is 5.32 Å². The molecule has 2 aromatic carbocycles. The zero-order chi connectivity index (χ0) is 26.4. The van der Waals surface area contributed by atoms with Gasteiger partial charge in [-0.25, -0.2) is 0 Å². The average Bonchev–Trinajstić information content (AvgIpc) is 2.92. The Morgan fingerprint density at radius 3 is 2.59 bits per heavy atom. The van der Waals surface area contributed by atoms with Crippen molar-refractivity contribution in [2.45, 2.75) is 35.6 Å². The summed E-state index contributed by atoms with van der Waals surface area (Å²) in [5.74, 6) is 0.0468. The fourth-order valence-corrected chi connectivity index (χ4v) is 5.61. The molecule has 0 spiro atoms. The van der Waals surface area contributed by atoms with Gasteiger partial charge in [-0.3, -0.25) is 19.7 Å². The van der Waals surface area contributed by atoms with Crippen LogP contribution in [0.4, 0.5) is 5.69 Å². The van der Waals surface area contributed by atoms with Gasteiger partial charge in [-0.2, -0.15) is 0 Å². The monoisotopic (exact) mass is 524 g/mol. The maximum absolute atomic E-state index is 12.9. The molecule has 0 aromatic heterocycles. The van der Waals surface area contributed by atoms with Crippen LogP contribution in [0.5, 0.6) is 0 Å². The van der Waals surface area contributed by atoms with Gasteiger partial charge in [0.1, 0.15) is 6.04 Å². The molecule has 2 amide bonds. The number of benzene rings is 2. The molecule has 1 atom stereocenters. The first-order chi connectivity index (χ1) is 17.8. The summed E-state index contributed by atoms with van der Waals surface area (Å²) < 4.78 is 5.31. The predicted molar refractivity (Wildman–Crippen MR) is 143 cm³/mol. The van der Waals surface area contributed by atoms with Crippen LogP contribution in [0.3, 0.4) is 0 Å². The molecule has 196 valence electrons. The van der Waals surface area contributed by atoms with Crippen LogP contribution in [0.2, 0.25) is 0 Å². The molecule has 2 fully saturated rings. The first-order valence-corrected chi connectivity index (χ1v) is 13.3. The van der Waals surface area contributed by atoms with Crippen molar-refractivity contribution in [1.29, 1.82) is 0 Å².